The van der Waals surface area contributed by atoms with Crippen LogP contribution in [-0.4, -0.2) is 57.5 Å². The van der Waals surface area contributed by atoms with Gasteiger partial charge in [-0.3, -0.25) is 4.68 Å². The average molecular weight is 291 g/mol. The number of urea groups is 1. The number of aromatic nitrogens is 3. The van der Waals surface area contributed by atoms with Crippen molar-refractivity contribution in [1.29, 1.82) is 0 Å². The van der Waals surface area contributed by atoms with Crippen LogP contribution in [0, 0.1) is 12.3 Å². The van der Waals surface area contributed by atoms with E-state index in [9.17, 15) is 4.79 Å². The van der Waals surface area contributed by atoms with Gasteiger partial charge in [-0.2, -0.15) is 5.10 Å². The van der Waals surface area contributed by atoms with Gasteiger partial charge in [0.15, 0.2) is 0 Å². The van der Waals surface area contributed by atoms with E-state index >= 15 is 0 Å². The second-order valence-electron chi connectivity index (χ2n) is 5.19. The number of hydrogen-bond donors (Lipinski definition) is 1. The van der Waals surface area contributed by atoms with Crippen molar-refractivity contribution in [3.8, 4) is 12.3 Å². The molecule has 0 unspecified atom stereocenters. The predicted molar refractivity (Wildman–Crippen MR) is 77.4 cm³/mol. The van der Waals surface area contributed by atoms with E-state index < -0.39 is 0 Å². The molecule has 1 aromatic heterocycles. The van der Waals surface area contributed by atoms with Crippen molar-refractivity contribution >= 4 is 6.03 Å². The van der Waals surface area contributed by atoms with E-state index in [1.165, 1.54) is 6.33 Å². The lowest BCUT2D eigenvalue weighted by Crippen LogP contribution is -2.47. The van der Waals surface area contributed by atoms with Gasteiger partial charge in [-0.25, -0.2) is 9.78 Å². The van der Waals surface area contributed by atoms with E-state index in [0.29, 0.717) is 13.1 Å². The molecule has 0 spiro atoms. The Hall–Kier alpha value is -2.07. The number of nitrogens with one attached hydrogen (secondary N) is 1. The third kappa shape index (κ3) is 4.76. The molecule has 0 aliphatic carbocycles. The quantitative estimate of drug-likeness (QED) is 0.774. The van der Waals surface area contributed by atoms with Gasteiger partial charge in [0.25, 0.3) is 0 Å². The van der Waals surface area contributed by atoms with E-state index in [1.54, 1.807) is 15.9 Å². The minimum absolute atomic E-state index is 0.0658. The smallest absolute Gasteiger partial charge is 0.318 e. The van der Waals surface area contributed by atoms with Gasteiger partial charge in [-0.05, 0) is 19.8 Å². The first kappa shape index (κ1) is 15.3. The highest BCUT2D eigenvalue weighted by molar-refractivity contribution is 5.74. The van der Waals surface area contributed by atoms with Gasteiger partial charge in [0, 0.05) is 19.2 Å². The van der Waals surface area contributed by atoms with Crippen molar-refractivity contribution in [2.24, 2.45) is 0 Å². The Morgan fingerprint density at radius 2 is 2.57 bits per heavy atom. The summed E-state index contributed by atoms with van der Waals surface area (Å²) < 4.78 is 7.23. The van der Waals surface area contributed by atoms with Crippen LogP contribution in [0.1, 0.15) is 19.8 Å². The monoisotopic (exact) mass is 291 g/mol. The molecule has 0 bridgehead atoms. The van der Waals surface area contributed by atoms with Crippen molar-refractivity contribution in [3.63, 3.8) is 0 Å². The van der Waals surface area contributed by atoms with Gasteiger partial charge >= 0.3 is 6.03 Å². The van der Waals surface area contributed by atoms with Crippen LogP contribution in [0.15, 0.2) is 12.7 Å². The number of terminal acetylenes is 1. The third-order valence-corrected chi connectivity index (χ3v) is 3.31. The molecule has 114 valence electrons. The summed E-state index contributed by atoms with van der Waals surface area (Å²) in [6, 6.07) is -0.236. The van der Waals surface area contributed by atoms with Crippen LogP contribution in [-0.2, 0) is 11.3 Å². The van der Waals surface area contributed by atoms with E-state index in [2.05, 4.69) is 21.3 Å². The SMILES string of the molecule is C#CCN(C[C@@H]1CCCO1)C(=O)N[C@H](C)Cn1cncn1. The fourth-order valence-corrected chi connectivity index (χ4v) is 2.32. The van der Waals surface area contributed by atoms with Gasteiger partial charge in [0.1, 0.15) is 12.7 Å². The topological polar surface area (TPSA) is 72.3 Å². The van der Waals surface area contributed by atoms with Gasteiger partial charge in [-0.1, -0.05) is 5.92 Å². The van der Waals surface area contributed by atoms with Crippen LogP contribution in [0.3, 0.4) is 0 Å². The molecule has 1 aromatic rings. The molecule has 2 rings (SSSR count). The molecular weight excluding hydrogens is 270 g/mol. The highest BCUT2D eigenvalue weighted by atomic mass is 16.5. The maximum absolute atomic E-state index is 12.3. The van der Waals surface area contributed by atoms with Crippen LogP contribution in [0.5, 0.6) is 0 Å². The summed E-state index contributed by atoms with van der Waals surface area (Å²) in [7, 11) is 0. The number of ether oxygens (including phenoxy) is 1. The summed E-state index contributed by atoms with van der Waals surface area (Å²) in [6.07, 6.45) is 10.5. The minimum atomic E-state index is -0.170. The van der Waals surface area contributed by atoms with Crippen molar-refractivity contribution in [1.82, 2.24) is 25.0 Å². The lowest BCUT2D eigenvalue weighted by Gasteiger charge is -2.25. The lowest BCUT2D eigenvalue weighted by atomic mass is 10.2. The second-order valence-corrected chi connectivity index (χ2v) is 5.19. The number of carbonyl (C=O) groups excluding carboxylic acids is 1. The van der Waals surface area contributed by atoms with Crippen molar-refractivity contribution in [2.45, 2.75) is 38.5 Å². The summed E-state index contributed by atoms with van der Waals surface area (Å²) in [5.74, 6) is 2.52. The Morgan fingerprint density at radius 3 is 3.19 bits per heavy atom. The Morgan fingerprint density at radius 1 is 1.71 bits per heavy atom. The predicted octanol–water partition coefficient (Wildman–Crippen LogP) is 0.490. The summed E-state index contributed by atoms with van der Waals surface area (Å²) >= 11 is 0. The minimum Gasteiger partial charge on any atom is -0.376 e. The van der Waals surface area contributed by atoms with Crippen molar-refractivity contribution in [2.75, 3.05) is 19.7 Å². The number of carbonyl (C=O) groups is 1. The standard InChI is InChI=1S/C14H21N5O2/c1-3-6-18(9-13-5-4-7-21-13)14(20)17-12(2)8-19-11-15-10-16-19/h1,10-13H,4-9H2,2H3,(H,17,20)/t12-,13+/m1/s1. The Balaban J connectivity index is 1.83. The number of nitrogens with zero attached hydrogens (tertiary/aromatic N) is 4. The van der Waals surface area contributed by atoms with E-state index in [4.69, 9.17) is 11.2 Å². The van der Waals surface area contributed by atoms with Crippen LogP contribution in [0.25, 0.3) is 0 Å². The molecule has 2 heterocycles. The van der Waals surface area contributed by atoms with Crippen LogP contribution in [0.2, 0.25) is 0 Å². The first-order valence-corrected chi connectivity index (χ1v) is 7.12. The highest BCUT2D eigenvalue weighted by Gasteiger charge is 2.22. The molecule has 2 amide bonds. The summed E-state index contributed by atoms with van der Waals surface area (Å²) in [5.41, 5.74) is 0. The van der Waals surface area contributed by atoms with Gasteiger partial charge in [0.2, 0.25) is 0 Å². The lowest BCUT2D eigenvalue weighted by molar-refractivity contribution is 0.0840. The molecule has 2 atom stereocenters. The molecule has 0 aromatic carbocycles. The van der Waals surface area contributed by atoms with Crippen LogP contribution < -0.4 is 5.32 Å². The van der Waals surface area contributed by atoms with E-state index in [0.717, 1.165) is 19.4 Å². The van der Waals surface area contributed by atoms with Crippen LogP contribution in [0.4, 0.5) is 4.79 Å². The zero-order valence-electron chi connectivity index (χ0n) is 12.2. The molecule has 1 saturated heterocycles. The summed E-state index contributed by atoms with van der Waals surface area (Å²) in [6.45, 7) is 4.06. The number of amides is 2. The molecule has 7 nitrogen and oxygen atoms in total. The maximum atomic E-state index is 12.3. The fraction of sp³-hybridized carbons (Fsp3) is 0.643. The molecule has 0 radical (unpaired) electrons. The summed E-state index contributed by atoms with van der Waals surface area (Å²) in [5, 5.41) is 6.94. The molecule has 7 heteroatoms. The molecule has 1 aliphatic rings. The van der Waals surface area contributed by atoms with Gasteiger partial charge in [0.05, 0.1) is 19.2 Å². The Labute approximate surface area is 124 Å². The van der Waals surface area contributed by atoms with Crippen LogP contribution >= 0.6 is 0 Å². The van der Waals surface area contributed by atoms with Crippen molar-refractivity contribution in [3.05, 3.63) is 12.7 Å². The maximum Gasteiger partial charge on any atom is 0.318 e. The summed E-state index contributed by atoms with van der Waals surface area (Å²) in [4.78, 5) is 17.8. The van der Waals surface area contributed by atoms with E-state index in [1.807, 2.05) is 6.92 Å². The highest BCUT2D eigenvalue weighted by Crippen LogP contribution is 2.13. The first-order chi connectivity index (χ1) is 10.2. The van der Waals surface area contributed by atoms with Gasteiger partial charge in [-0.15, -0.1) is 6.42 Å². The molecule has 0 saturated carbocycles. The zero-order chi connectivity index (χ0) is 15.1. The largest absolute Gasteiger partial charge is 0.376 e. The van der Waals surface area contributed by atoms with Crippen molar-refractivity contribution < 1.29 is 9.53 Å². The average Bonchev–Trinajstić information content (AvgIpc) is 3.11. The third-order valence-electron chi connectivity index (χ3n) is 3.31. The number of rotatable bonds is 6. The second kappa shape index (κ2) is 7.64. The Kier molecular flexibility index (Phi) is 5.58. The first-order valence-electron chi connectivity index (χ1n) is 7.12. The molecular formula is C14H21N5O2. The fourth-order valence-electron chi connectivity index (χ4n) is 2.32. The molecule has 1 aliphatic heterocycles. The number of hydrogen-bond acceptors (Lipinski definition) is 4. The molecule has 1 N–H and O–H groups in total. The Bertz CT molecular complexity index is 476. The van der Waals surface area contributed by atoms with Gasteiger partial charge < -0.3 is 15.0 Å². The van der Waals surface area contributed by atoms with E-state index in [-0.39, 0.29) is 24.7 Å². The normalized spacial score (nSPS) is 19.0. The zero-order valence-corrected chi connectivity index (χ0v) is 12.2. The molecule has 21 heavy (non-hydrogen) atoms. The molecule has 1 fully saturated rings.